The third-order valence-corrected chi connectivity index (χ3v) is 4.80. The molecule has 1 unspecified atom stereocenters. The summed E-state index contributed by atoms with van der Waals surface area (Å²) in [5.74, 6) is 0.792. The van der Waals surface area contributed by atoms with Gasteiger partial charge in [-0.3, -0.25) is 4.99 Å². The van der Waals surface area contributed by atoms with Gasteiger partial charge in [0.2, 0.25) is 0 Å². The molecule has 4 nitrogen and oxygen atoms in total. The molecule has 0 saturated heterocycles. The molecule has 0 radical (unpaired) electrons. The van der Waals surface area contributed by atoms with Crippen molar-refractivity contribution in [3.05, 3.63) is 71.3 Å². The molecule has 0 bridgehead atoms. The van der Waals surface area contributed by atoms with Crippen LogP contribution in [0.5, 0.6) is 0 Å². The largest absolute Gasteiger partial charge is 0.396 e. The van der Waals surface area contributed by atoms with Crippen LogP contribution in [-0.2, 0) is 5.41 Å². The normalized spacial score (nSPS) is 13.3. The minimum absolute atomic E-state index is 0.0151. The van der Waals surface area contributed by atoms with Crippen molar-refractivity contribution < 1.29 is 5.11 Å². The lowest BCUT2D eigenvalue weighted by Gasteiger charge is -2.28. The number of rotatable bonds is 7. The number of guanidine groups is 1. The first-order valence-electron chi connectivity index (χ1n) is 9.14. The highest BCUT2D eigenvalue weighted by Crippen LogP contribution is 2.25. The summed E-state index contributed by atoms with van der Waals surface area (Å²) in [6.07, 6.45) is 0. The van der Waals surface area contributed by atoms with E-state index < -0.39 is 0 Å². The van der Waals surface area contributed by atoms with Gasteiger partial charge in [-0.2, -0.15) is 0 Å². The standard InChI is InChI=1S/C22H31N3O/c1-17-10-8-9-13-20(17)22(2,3)16-25-21(23-4)24-14-19(15-26)18-11-6-5-7-12-18/h5-13,19,26H,14-16H2,1-4H3,(H2,23,24,25). The number of hydrogen-bond donors (Lipinski definition) is 3. The number of aliphatic hydroxyl groups excluding tert-OH is 1. The van der Waals surface area contributed by atoms with Crippen molar-refractivity contribution in [3.8, 4) is 0 Å². The van der Waals surface area contributed by atoms with E-state index in [9.17, 15) is 5.11 Å². The molecule has 0 aromatic heterocycles. The molecule has 2 aromatic rings. The minimum Gasteiger partial charge on any atom is -0.396 e. The lowest BCUT2D eigenvalue weighted by Crippen LogP contribution is -2.45. The van der Waals surface area contributed by atoms with Gasteiger partial charge in [-0.15, -0.1) is 0 Å². The van der Waals surface area contributed by atoms with Gasteiger partial charge in [-0.05, 0) is 23.6 Å². The SMILES string of the molecule is CN=C(NCC(CO)c1ccccc1)NCC(C)(C)c1ccccc1C. The van der Waals surface area contributed by atoms with Crippen LogP contribution in [0.3, 0.4) is 0 Å². The summed E-state index contributed by atoms with van der Waals surface area (Å²) in [5.41, 5.74) is 3.74. The van der Waals surface area contributed by atoms with Crippen LogP contribution in [0.25, 0.3) is 0 Å². The first-order valence-corrected chi connectivity index (χ1v) is 9.14. The third-order valence-electron chi connectivity index (χ3n) is 4.80. The zero-order valence-corrected chi connectivity index (χ0v) is 16.3. The van der Waals surface area contributed by atoms with E-state index in [0.29, 0.717) is 6.54 Å². The molecule has 2 aromatic carbocycles. The Bertz CT molecular complexity index is 710. The number of hydrogen-bond acceptors (Lipinski definition) is 2. The molecule has 0 heterocycles. The second-order valence-corrected chi connectivity index (χ2v) is 7.30. The lowest BCUT2D eigenvalue weighted by atomic mass is 9.82. The summed E-state index contributed by atoms with van der Waals surface area (Å²) in [7, 11) is 1.77. The zero-order valence-electron chi connectivity index (χ0n) is 16.3. The van der Waals surface area contributed by atoms with Gasteiger partial charge in [0.1, 0.15) is 0 Å². The van der Waals surface area contributed by atoms with Crippen molar-refractivity contribution in [2.75, 3.05) is 26.7 Å². The summed E-state index contributed by atoms with van der Waals surface area (Å²) in [4.78, 5) is 4.32. The van der Waals surface area contributed by atoms with Gasteiger partial charge in [0, 0.05) is 31.5 Å². The predicted octanol–water partition coefficient (Wildman–Crippen LogP) is 3.21. The molecule has 0 aliphatic carbocycles. The summed E-state index contributed by atoms with van der Waals surface area (Å²) < 4.78 is 0. The molecule has 26 heavy (non-hydrogen) atoms. The first-order chi connectivity index (χ1) is 12.5. The van der Waals surface area contributed by atoms with Crippen molar-refractivity contribution >= 4 is 5.96 Å². The van der Waals surface area contributed by atoms with Crippen LogP contribution in [0.1, 0.15) is 36.5 Å². The second-order valence-electron chi connectivity index (χ2n) is 7.30. The molecule has 1 atom stereocenters. The van der Waals surface area contributed by atoms with Gasteiger partial charge >= 0.3 is 0 Å². The van der Waals surface area contributed by atoms with E-state index >= 15 is 0 Å². The third kappa shape index (κ3) is 5.33. The van der Waals surface area contributed by atoms with Gasteiger partial charge in [-0.25, -0.2) is 0 Å². The van der Waals surface area contributed by atoms with Crippen molar-refractivity contribution in [1.29, 1.82) is 0 Å². The summed E-state index contributed by atoms with van der Waals surface area (Å²) in [6.45, 7) is 8.11. The fourth-order valence-electron chi connectivity index (χ4n) is 3.19. The Morgan fingerprint density at radius 3 is 2.31 bits per heavy atom. The highest BCUT2D eigenvalue weighted by Gasteiger charge is 2.22. The lowest BCUT2D eigenvalue weighted by molar-refractivity contribution is 0.265. The van der Waals surface area contributed by atoms with Gasteiger partial charge in [-0.1, -0.05) is 68.4 Å². The molecule has 2 rings (SSSR count). The molecule has 4 heteroatoms. The second kappa shape index (κ2) is 9.39. The Balaban J connectivity index is 1.94. The number of aliphatic hydroxyl groups is 1. The van der Waals surface area contributed by atoms with Crippen LogP contribution >= 0.6 is 0 Å². The molecule has 140 valence electrons. The molecule has 0 fully saturated rings. The Hall–Kier alpha value is -2.33. The average Bonchev–Trinajstić information content (AvgIpc) is 2.65. The van der Waals surface area contributed by atoms with Crippen LogP contribution < -0.4 is 10.6 Å². The van der Waals surface area contributed by atoms with Gasteiger partial charge < -0.3 is 15.7 Å². The zero-order chi connectivity index (χ0) is 19.0. The Morgan fingerprint density at radius 1 is 1.04 bits per heavy atom. The minimum atomic E-state index is -0.0151. The topological polar surface area (TPSA) is 56.7 Å². The van der Waals surface area contributed by atoms with E-state index in [1.54, 1.807) is 7.05 Å². The molecule has 0 aliphatic heterocycles. The molecule has 0 saturated carbocycles. The quantitative estimate of drug-likeness (QED) is 0.529. The monoisotopic (exact) mass is 353 g/mol. The molecule has 0 spiro atoms. The maximum atomic E-state index is 9.70. The Morgan fingerprint density at radius 2 is 1.69 bits per heavy atom. The van der Waals surface area contributed by atoms with Crippen LogP contribution in [0.4, 0.5) is 0 Å². The Kier molecular flexibility index (Phi) is 7.22. The van der Waals surface area contributed by atoms with E-state index in [1.807, 2.05) is 30.3 Å². The Labute approximate surface area is 157 Å². The van der Waals surface area contributed by atoms with E-state index in [2.05, 4.69) is 60.7 Å². The average molecular weight is 354 g/mol. The van der Waals surface area contributed by atoms with Crippen LogP contribution in [0.15, 0.2) is 59.6 Å². The van der Waals surface area contributed by atoms with Crippen LogP contribution in [-0.4, -0.2) is 37.8 Å². The molecule has 0 aliphatic rings. The van der Waals surface area contributed by atoms with Gasteiger partial charge in [0.25, 0.3) is 0 Å². The molecule has 3 N–H and O–H groups in total. The van der Waals surface area contributed by atoms with E-state index in [0.717, 1.165) is 18.1 Å². The number of aliphatic imine (C=N–C) groups is 1. The number of benzene rings is 2. The van der Waals surface area contributed by atoms with Gasteiger partial charge in [0.15, 0.2) is 5.96 Å². The summed E-state index contributed by atoms with van der Waals surface area (Å²) >= 11 is 0. The van der Waals surface area contributed by atoms with Crippen molar-refractivity contribution in [2.45, 2.75) is 32.1 Å². The first kappa shape index (κ1) is 20.0. The van der Waals surface area contributed by atoms with Crippen molar-refractivity contribution in [2.24, 2.45) is 4.99 Å². The fourth-order valence-corrected chi connectivity index (χ4v) is 3.19. The van der Waals surface area contributed by atoms with Crippen LogP contribution in [0, 0.1) is 6.92 Å². The van der Waals surface area contributed by atoms with Gasteiger partial charge in [0.05, 0.1) is 6.61 Å². The van der Waals surface area contributed by atoms with Crippen LogP contribution in [0.2, 0.25) is 0 Å². The molecule has 0 amide bonds. The molecular formula is C22H31N3O. The van der Waals surface area contributed by atoms with E-state index in [4.69, 9.17) is 0 Å². The summed E-state index contributed by atoms with van der Waals surface area (Å²) in [5, 5.41) is 16.5. The summed E-state index contributed by atoms with van der Waals surface area (Å²) in [6, 6.07) is 18.6. The van der Waals surface area contributed by atoms with E-state index in [1.165, 1.54) is 11.1 Å². The number of nitrogens with one attached hydrogen (secondary N) is 2. The highest BCUT2D eigenvalue weighted by atomic mass is 16.3. The smallest absolute Gasteiger partial charge is 0.191 e. The van der Waals surface area contributed by atoms with Crippen molar-refractivity contribution in [1.82, 2.24) is 10.6 Å². The fraction of sp³-hybridized carbons (Fsp3) is 0.409. The number of nitrogens with zero attached hydrogens (tertiary/aromatic N) is 1. The molecular weight excluding hydrogens is 322 g/mol. The maximum Gasteiger partial charge on any atom is 0.191 e. The highest BCUT2D eigenvalue weighted by molar-refractivity contribution is 5.79. The maximum absolute atomic E-state index is 9.70. The predicted molar refractivity (Wildman–Crippen MR) is 110 cm³/mol. The van der Waals surface area contributed by atoms with E-state index in [-0.39, 0.29) is 17.9 Å². The van der Waals surface area contributed by atoms with Crippen molar-refractivity contribution in [3.63, 3.8) is 0 Å². The number of aryl methyl sites for hydroxylation is 1.